The lowest BCUT2D eigenvalue weighted by Gasteiger charge is -2.14. The first kappa shape index (κ1) is 19.9. The van der Waals surface area contributed by atoms with E-state index in [2.05, 4.69) is 15.2 Å². The van der Waals surface area contributed by atoms with E-state index < -0.39 is 10.0 Å². The highest BCUT2D eigenvalue weighted by Gasteiger charge is 2.23. The van der Waals surface area contributed by atoms with Gasteiger partial charge in [-0.3, -0.25) is 4.79 Å². The zero-order chi connectivity index (χ0) is 19.3. The van der Waals surface area contributed by atoms with Crippen LogP contribution in [0, 0.1) is 13.8 Å². The number of hydrogen-bond donors (Lipinski definition) is 2. The molecule has 0 aliphatic rings. The van der Waals surface area contributed by atoms with Gasteiger partial charge in [0.1, 0.15) is 16.3 Å². The second kappa shape index (κ2) is 8.33. The van der Waals surface area contributed by atoms with Gasteiger partial charge in [0.15, 0.2) is 5.76 Å². The van der Waals surface area contributed by atoms with Crippen LogP contribution in [0.4, 0.5) is 5.69 Å². The van der Waals surface area contributed by atoms with Gasteiger partial charge in [-0.2, -0.15) is 0 Å². The Kier molecular flexibility index (Phi) is 6.38. The highest BCUT2D eigenvalue weighted by molar-refractivity contribution is 7.89. The third-order valence-electron chi connectivity index (χ3n) is 3.40. The summed E-state index contributed by atoms with van der Waals surface area (Å²) >= 11 is 0. The van der Waals surface area contributed by atoms with E-state index >= 15 is 0 Å². The number of aromatic nitrogens is 1. The van der Waals surface area contributed by atoms with Gasteiger partial charge in [0, 0.05) is 13.0 Å². The molecule has 0 bridgehead atoms. The van der Waals surface area contributed by atoms with E-state index in [4.69, 9.17) is 9.26 Å². The van der Waals surface area contributed by atoms with Crippen LogP contribution in [0.15, 0.2) is 33.7 Å². The van der Waals surface area contributed by atoms with E-state index in [0.717, 1.165) is 0 Å². The molecule has 9 heteroatoms. The summed E-state index contributed by atoms with van der Waals surface area (Å²) in [6.07, 6.45) is -0.0616. The number of hydrogen-bond acceptors (Lipinski definition) is 6. The number of para-hydroxylation sites is 2. The summed E-state index contributed by atoms with van der Waals surface area (Å²) in [5.74, 6) is 0.442. The molecule has 26 heavy (non-hydrogen) atoms. The number of amides is 1. The number of benzene rings is 1. The summed E-state index contributed by atoms with van der Waals surface area (Å²) < 4.78 is 37.5. The van der Waals surface area contributed by atoms with E-state index in [9.17, 15) is 13.2 Å². The molecule has 1 aromatic heterocycles. The molecule has 1 aromatic carbocycles. The maximum Gasteiger partial charge on any atom is 0.245 e. The number of rotatable bonds is 8. The molecule has 0 saturated heterocycles. The molecule has 1 heterocycles. The van der Waals surface area contributed by atoms with Gasteiger partial charge in [-0.1, -0.05) is 17.3 Å². The topological polar surface area (TPSA) is 111 Å². The van der Waals surface area contributed by atoms with Crippen molar-refractivity contribution in [1.29, 1.82) is 0 Å². The van der Waals surface area contributed by atoms with Gasteiger partial charge in [0.05, 0.1) is 11.8 Å². The lowest BCUT2D eigenvalue weighted by atomic mass is 10.2. The van der Waals surface area contributed by atoms with Crippen molar-refractivity contribution in [3.63, 3.8) is 0 Å². The van der Waals surface area contributed by atoms with Gasteiger partial charge in [-0.05, 0) is 39.8 Å². The Morgan fingerprint density at radius 2 is 1.96 bits per heavy atom. The van der Waals surface area contributed by atoms with E-state index in [1.807, 2.05) is 19.9 Å². The molecule has 1 amide bonds. The van der Waals surface area contributed by atoms with Crippen LogP contribution in [0.3, 0.4) is 0 Å². The van der Waals surface area contributed by atoms with Gasteiger partial charge in [0.2, 0.25) is 15.9 Å². The predicted molar refractivity (Wildman–Crippen MR) is 96.6 cm³/mol. The zero-order valence-corrected chi connectivity index (χ0v) is 16.0. The van der Waals surface area contributed by atoms with Gasteiger partial charge >= 0.3 is 0 Å². The molecule has 0 radical (unpaired) electrons. The molecule has 8 nitrogen and oxygen atoms in total. The summed E-state index contributed by atoms with van der Waals surface area (Å²) in [6.45, 7) is 6.80. The minimum Gasteiger partial charge on any atom is -0.489 e. The molecule has 2 aromatic rings. The molecular formula is C17H23N3O5S. The number of sulfonamides is 1. The van der Waals surface area contributed by atoms with Crippen molar-refractivity contribution in [2.75, 3.05) is 11.9 Å². The first-order chi connectivity index (χ1) is 12.2. The van der Waals surface area contributed by atoms with Crippen LogP contribution in [0.25, 0.3) is 0 Å². The first-order valence-electron chi connectivity index (χ1n) is 8.18. The van der Waals surface area contributed by atoms with Crippen molar-refractivity contribution in [3.05, 3.63) is 35.7 Å². The number of carbonyl (C=O) groups is 1. The van der Waals surface area contributed by atoms with Crippen molar-refractivity contribution in [2.45, 2.75) is 45.1 Å². The Hall–Kier alpha value is -2.39. The number of carbonyl (C=O) groups excluding carboxylic acids is 1. The van der Waals surface area contributed by atoms with Crippen LogP contribution >= 0.6 is 0 Å². The van der Waals surface area contributed by atoms with E-state index in [-0.39, 0.29) is 41.3 Å². The highest BCUT2D eigenvalue weighted by Crippen LogP contribution is 2.25. The molecule has 0 aliphatic heterocycles. The molecule has 0 spiro atoms. The Balaban J connectivity index is 1.94. The molecule has 0 unspecified atom stereocenters. The quantitative estimate of drug-likeness (QED) is 0.726. The van der Waals surface area contributed by atoms with Crippen molar-refractivity contribution in [3.8, 4) is 5.75 Å². The second-order valence-electron chi connectivity index (χ2n) is 6.01. The van der Waals surface area contributed by atoms with Crippen LogP contribution in [0.1, 0.15) is 31.7 Å². The highest BCUT2D eigenvalue weighted by atomic mass is 32.2. The number of nitrogens with zero attached hydrogens (tertiary/aromatic N) is 1. The average Bonchev–Trinajstić information content (AvgIpc) is 2.88. The lowest BCUT2D eigenvalue weighted by Crippen LogP contribution is -2.28. The Labute approximate surface area is 153 Å². The average molecular weight is 381 g/mol. The summed E-state index contributed by atoms with van der Waals surface area (Å²) in [6, 6.07) is 7.08. The van der Waals surface area contributed by atoms with Crippen molar-refractivity contribution in [2.24, 2.45) is 0 Å². The van der Waals surface area contributed by atoms with Crippen LogP contribution in [0.5, 0.6) is 5.75 Å². The lowest BCUT2D eigenvalue weighted by molar-refractivity contribution is -0.116. The van der Waals surface area contributed by atoms with Gasteiger partial charge in [0.25, 0.3) is 0 Å². The fraction of sp³-hybridized carbons (Fsp3) is 0.412. The van der Waals surface area contributed by atoms with Gasteiger partial charge in [-0.25, -0.2) is 13.1 Å². The molecule has 0 fully saturated rings. The monoisotopic (exact) mass is 381 g/mol. The molecule has 142 valence electrons. The normalized spacial score (nSPS) is 11.6. The van der Waals surface area contributed by atoms with Crippen molar-refractivity contribution < 1.29 is 22.5 Å². The zero-order valence-electron chi connectivity index (χ0n) is 15.2. The standard InChI is InChI=1S/C17H23N3O5S/c1-11(2)24-15-8-6-5-7-14(15)19-16(21)9-10-18-26(22,23)17-12(3)20-25-13(17)4/h5-8,11,18H,9-10H2,1-4H3,(H,19,21). The molecule has 2 rings (SSSR count). The Bertz CT molecular complexity index is 855. The summed E-state index contributed by atoms with van der Waals surface area (Å²) in [5.41, 5.74) is 0.819. The van der Waals surface area contributed by atoms with Crippen LogP contribution < -0.4 is 14.8 Å². The molecule has 0 atom stereocenters. The molecule has 2 N–H and O–H groups in total. The van der Waals surface area contributed by atoms with E-state index in [0.29, 0.717) is 11.4 Å². The third-order valence-corrected chi connectivity index (χ3v) is 5.11. The fourth-order valence-electron chi connectivity index (χ4n) is 2.37. The van der Waals surface area contributed by atoms with Crippen LogP contribution in [-0.2, 0) is 14.8 Å². The minimum atomic E-state index is -3.78. The summed E-state index contributed by atoms with van der Waals surface area (Å²) in [7, 11) is -3.78. The number of anilines is 1. The van der Waals surface area contributed by atoms with Gasteiger partial charge < -0.3 is 14.6 Å². The van der Waals surface area contributed by atoms with Crippen LogP contribution in [-0.4, -0.2) is 32.1 Å². The Morgan fingerprint density at radius 1 is 1.27 bits per heavy atom. The molecular weight excluding hydrogens is 358 g/mol. The number of nitrogens with one attached hydrogen (secondary N) is 2. The van der Waals surface area contributed by atoms with E-state index in [1.165, 1.54) is 6.92 Å². The largest absolute Gasteiger partial charge is 0.489 e. The molecule has 0 saturated carbocycles. The van der Waals surface area contributed by atoms with Crippen molar-refractivity contribution in [1.82, 2.24) is 9.88 Å². The molecule has 0 aliphatic carbocycles. The Morgan fingerprint density at radius 3 is 2.58 bits per heavy atom. The predicted octanol–water partition coefficient (Wildman–Crippen LogP) is 2.39. The summed E-state index contributed by atoms with van der Waals surface area (Å²) in [5, 5.41) is 6.36. The second-order valence-corrected chi connectivity index (χ2v) is 7.72. The van der Waals surface area contributed by atoms with Crippen LogP contribution in [0.2, 0.25) is 0 Å². The SMILES string of the molecule is Cc1noc(C)c1S(=O)(=O)NCCC(=O)Nc1ccccc1OC(C)C. The van der Waals surface area contributed by atoms with Gasteiger partial charge in [-0.15, -0.1) is 0 Å². The fourth-order valence-corrected chi connectivity index (χ4v) is 3.73. The maximum atomic E-state index is 12.3. The minimum absolute atomic E-state index is 0.00795. The third kappa shape index (κ3) is 5.06. The first-order valence-corrected chi connectivity index (χ1v) is 9.67. The smallest absolute Gasteiger partial charge is 0.245 e. The summed E-state index contributed by atoms with van der Waals surface area (Å²) in [4.78, 5) is 12.1. The van der Waals surface area contributed by atoms with E-state index in [1.54, 1.807) is 25.1 Å². The van der Waals surface area contributed by atoms with Crippen molar-refractivity contribution >= 4 is 21.6 Å². The maximum absolute atomic E-state index is 12.3. The number of ether oxygens (including phenoxy) is 1. The number of aryl methyl sites for hydroxylation is 2.